The third-order valence-electron chi connectivity index (χ3n) is 4.74. The van der Waals surface area contributed by atoms with Crippen molar-refractivity contribution in [3.8, 4) is 0 Å². The van der Waals surface area contributed by atoms with Gasteiger partial charge in [-0.25, -0.2) is 4.39 Å². The summed E-state index contributed by atoms with van der Waals surface area (Å²) in [6, 6.07) is 14.3. The molecule has 0 spiro atoms. The molecule has 4 nitrogen and oxygen atoms in total. The van der Waals surface area contributed by atoms with Crippen LogP contribution in [0.4, 0.5) is 10.1 Å². The number of amides is 1. The maximum Gasteiger partial charge on any atom is 0.241 e. The monoisotopic (exact) mass is 427 g/mol. The summed E-state index contributed by atoms with van der Waals surface area (Å²) in [6.07, 6.45) is 1.85. The first-order chi connectivity index (χ1) is 12.7. The van der Waals surface area contributed by atoms with Crippen LogP contribution in [-0.2, 0) is 17.9 Å². The van der Waals surface area contributed by atoms with Crippen LogP contribution in [0, 0.1) is 5.82 Å². The fourth-order valence-corrected chi connectivity index (χ4v) is 3.39. The van der Waals surface area contributed by atoms with Crippen molar-refractivity contribution in [3.63, 3.8) is 0 Å². The number of nitrogens with zero attached hydrogens (tertiary/aromatic N) is 1. The zero-order valence-electron chi connectivity index (χ0n) is 16.0. The second kappa shape index (κ2) is 12.0. The molecule has 0 aromatic heterocycles. The third kappa shape index (κ3) is 6.74. The molecule has 1 heterocycles. The van der Waals surface area contributed by atoms with Gasteiger partial charge in [-0.05, 0) is 61.3 Å². The van der Waals surface area contributed by atoms with Gasteiger partial charge in [0, 0.05) is 18.8 Å². The SMILES string of the molecule is CCNCc1cccc(NC(=O)C2CCCN2Cc2ccc(F)cc2)c1.Cl.Cl. The van der Waals surface area contributed by atoms with Crippen LogP contribution in [-0.4, -0.2) is 29.9 Å². The van der Waals surface area contributed by atoms with Crippen molar-refractivity contribution in [1.82, 2.24) is 10.2 Å². The molecule has 0 saturated carbocycles. The largest absolute Gasteiger partial charge is 0.325 e. The second-order valence-corrected chi connectivity index (χ2v) is 6.72. The van der Waals surface area contributed by atoms with Crippen LogP contribution in [0.1, 0.15) is 30.9 Å². The number of hydrogen-bond donors (Lipinski definition) is 2. The minimum Gasteiger partial charge on any atom is -0.325 e. The minimum atomic E-state index is -0.234. The average molecular weight is 428 g/mol. The van der Waals surface area contributed by atoms with Crippen molar-refractivity contribution in [2.24, 2.45) is 0 Å². The van der Waals surface area contributed by atoms with E-state index in [4.69, 9.17) is 0 Å². The lowest BCUT2D eigenvalue weighted by Gasteiger charge is -2.24. The Morgan fingerprint density at radius 3 is 2.61 bits per heavy atom. The van der Waals surface area contributed by atoms with Gasteiger partial charge in [-0.1, -0.05) is 31.2 Å². The molecule has 7 heteroatoms. The number of hydrogen-bond acceptors (Lipinski definition) is 3. The Balaban J connectivity index is 0.00000196. The molecule has 28 heavy (non-hydrogen) atoms. The topological polar surface area (TPSA) is 44.4 Å². The van der Waals surface area contributed by atoms with E-state index in [1.807, 2.05) is 18.2 Å². The van der Waals surface area contributed by atoms with Crippen molar-refractivity contribution >= 4 is 36.4 Å². The maximum absolute atomic E-state index is 13.1. The lowest BCUT2D eigenvalue weighted by molar-refractivity contribution is -0.120. The summed E-state index contributed by atoms with van der Waals surface area (Å²) in [4.78, 5) is 14.9. The quantitative estimate of drug-likeness (QED) is 0.688. The Morgan fingerprint density at radius 2 is 1.89 bits per heavy atom. The van der Waals surface area contributed by atoms with Crippen LogP contribution in [0.5, 0.6) is 0 Å². The van der Waals surface area contributed by atoms with Crippen LogP contribution in [0.15, 0.2) is 48.5 Å². The predicted octanol–water partition coefficient (Wildman–Crippen LogP) is 4.38. The van der Waals surface area contributed by atoms with Gasteiger partial charge in [0.25, 0.3) is 0 Å². The van der Waals surface area contributed by atoms with E-state index in [1.54, 1.807) is 12.1 Å². The number of carbonyl (C=O) groups excluding carboxylic acids is 1. The normalized spacial score (nSPS) is 16.1. The Labute approximate surface area is 178 Å². The van der Waals surface area contributed by atoms with E-state index in [0.29, 0.717) is 6.54 Å². The number of nitrogens with one attached hydrogen (secondary N) is 2. The van der Waals surface area contributed by atoms with Crippen LogP contribution in [0.3, 0.4) is 0 Å². The molecule has 154 valence electrons. The highest BCUT2D eigenvalue weighted by atomic mass is 35.5. The summed E-state index contributed by atoms with van der Waals surface area (Å²) in [5.74, 6) is -0.202. The van der Waals surface area contributed by atoms with Gasteiger partial charge in [-0.2, -0.15) is 0 Å². The summed E-state index contributed by atoms with van der Waals surface area (Å²) in [5, 5.41) is 6.35. The second-order valence-electron chi connectivity index (χ2n) is 6.72. The Bertz CT molecular complexity index is 743. The van der Waals surface area contributed by atoms with Crippen LogP contribution in [0.25, 0.3) is 0 Å². The van der Waals surface area contributed by atoms with E-state index < -0.39 is 0 Å². The zero-order valence-corrected chi connectivity index (χ0v) is 17.6. The molecule has 1 fully saturated rings. The molecule has 1 aliphatic rings. The molecule has 2 aromatic rings. The van der Waals surface area contributed by atoms with Gasteiger partial charge in [0.1, 0.15) is 5.82 Å². The molecule has 1 atom stereocenters. The molecule has 1 amide bonds. The van der Waals surface area contributed by atoms with Crippen molar-refractivity contribution in [1.29, 1.82) is 0 Å². The van der Waals surface area contributed by atoms with Gasteiger partial charge in [0.15, 0.2) is 0 Å². The van der Waals surface area contributed by atoms with Gasteiger partial charge >= 0.3 is 0 Å². The molecule has 1 aliphatic heterocycles. The molecule has 1 unspecified atom stereocenters. The number of halogens is 3. The summed E-state index contributed by atoms with van der Waals surface area (Å²) in [5.41, 5.74) is 3.01. The van der Waals surface area contributed by atoms with Gasteiger partial charge in [0.05, 0.1) is 6.04 Å². The van der Waals surface area contributed by atoms with Gasteiger partial charge in [-0.3, -0.25) is 9.69 Å². The van der Waals surface area contributed by atoms with Crippen molar-refractivity contribution in [2.75, 3.05) is 18.4 Å². The molecular formula is C21H28Cl2FN3O. The Kier molecular flexibility index (Phi) is 10.5. The first kappa shape index (κ1) is 24.4. The highest BCUT2D eigenvalue weighted by Crippen LogP contribution is 2.22. The van der Waals surface area contributed by atoms with Crippen LogP contribution >= 0.6 is 24.8 Å². The summed E-state index contributed by atoms with van der Waals surface area (Å²) < 4.78 is 13.1. The number of rotatable bonds is 7. The van der Waals surface area contributed by atoms with E-state index in [2.05, 4.69) is 28.5 Å². The maximum atomic E-state index is 13.1. The van der Waals surface area contributed by atoms with E-state index in [-0.39, 0.29) is 42.6 Å². The van der Waals surface area contributed by atoms with Crippen LogP contribution in [0.2, 0.25) is 0 Å². The summed E-state index contributed by atoms with van der Waals surface area (Å²) in [7, 11) is 0. The molecule has 1 saturated heterocycles. The predicted molar refractivity (Wildman–Crippen MR) is 117 cm³/mol. The first-order valence-electron chi connectivity index (χ1n) is 9.24. The molecule has 2 N–H and O–H groups in total. The lowest BCUT2D eigenvalue weighted by atomic mass is 10.1. The van der Waals surface area contributed by atoms with E-state index in [9.17, 15) is 9.18 Å². The third-order valence-corrected chi connectivity index (χ3v) is 4.74. The number of carbonyl (C=O) groups is 1. The molecule has 0 bridgehead atoms. The molecular weight excluding hydrogens is 400 g/mol. The Hall–Kier alpha value is -1.66. The lowest BCUT2D eigenvalue weighted by Crippen LogP contribution is -2.39. The smallest absolute Gasteiger partial charge is 0.241 e. The fraction of sp³-hybridized carbons (Fsp3) is 0.381. The molecule has 3 rings (SSSR count). The summed E-state index contributed by atoms with van der Waals surface area (Å²) in [6.45, 7) is 5.33. The number of likely N-dealkylation sites (tertiary alicyclic amines) is 1. The molecule has 0 radical (unpaired) electrons. The number of anilines is 1. The van der Waals surface area contributed by atoms with E-state index in [1.165, 1.54) is 12.1 Å². The van der Waals surface area contributed by atoms with Crippen molar-refractivity contribution < 1.29 is 9.18 Å². The van der Waals surface area contributed by atoms with E-state index >= 15 is 0 Å². The highest BCUT2D eigenvalue weighted by Gasteiger charge is 2.30. The van der Waals surface area contributed by atoms with Crippen molar-refractivity contribution in [3.05, 3.63) is 65.5 Å². The fourth-order valence-electron chi connectivity index (χ4n) is 3.39. The van der Waals surface area contributed by atoms with Gasteiger partial charge < -0.3 is 10.6 Å². The molecule has 0 aliphatic carbocycles. The zero-order chi connectivity index (χ0) is 18.4. The first-order valence-corrected chi connectivity index (χ1v) is 9.24. The van der Waals surface area contributed by atoms with Crippen LogP contribution < -0.4 is 10.6 Å². The van der Waals surface area contributed by atoms with Crippen molar-refractivity contribution in [2.45, 2.75) is 38.9 Å². The van der Waals surface area contributed by atoms with Gasteiger partial charge in [0.2, 0.25) is 5.91 Å². The summed E-state index contributed by atoms with van der Waals surface area (Å²) >= 11 is 0. The molecule has 2 aromatic carbocycles. The van der Waals surface area contributed by atoms with Gasteiger partial charge in [-0.15, -0.1) is 24.8 Å². The van der Waals surface area contributed by atoms with E-state index in [0.717, 1.165) is 49.3 Å². The Morgan fingerprint density at radius 1 is 1.14 bits per heavy atom. The minimum absolute atomic E-state index is 0. The highest BCUT2D eigenvalue weighted by molar-refractivity contribution is 5.95. The number of benzene rings is 2. The average Bonchev–Trinajstić information content (AvgIpc) is 3.10. The standard InChI is InChI=1S/C21H26FN3O.2ClH/c1-2-23-14-17-5-3-6-19(13-17)24-21(26)20-7-4-12-25(20)15-16-8-10-18(22)11-9-16;;/h3,5-6,8-11,13,20,23H,2,4,7,12,14-15H2,1H3,(H,24,26);2*1H.